The van der Waals surface area contributed by atoms with Gasteiger partial charge in [-0.2, -0.15) is 0 Å². The maximum Gasteiger partial charge on any atom is 0.328 e. The largest absolute Gasteiger partial charge is 0.467 e. The van der Waals surface area contributed by atoms with Gasteiger partial charge in [0, 0.05) is 6.54 Å². The van der Waals surface area contributed by atoms with E-state index in [1.807, 2.05) is 13.8 Å². The van der Waals surface area contributed by atoms with Gasteiger partial charge < -0.3 is 15.8 Å². The normalized spacial score (nSPS) is 19.1. The van der Waals surface area contributed by atoms with E-state index in [0.29, 0.717) is 6.54 Å². The second kappa shape index (κ2) is 4.82. The van der Waals surface area contributed by atoms with E-state index in [9.17, 15) is 9.59 Å². The maximum absolute atomic E-state index is 11.9. The third-order valence-electron chi connectivity index (χ3n) is 3.13. The molecule has 5 heteroatoms. The summed E-state index contributed by atoms with van der Waals surface area (Å²) in [5, 5.41) is 2.73. The first kappa shape index (κ1) is 13.0. The van der Waals surface area contributed by atoms with Crippen LogP contribution in [0.3, 0.4) is 0 Å². The number of carbonyl (C=O) groups is 2. The Labute approximate surface area is 95.7 Å². The van der Waals surface area contributed by atoms with Crippen LogP contribution in [0.1, 0.15) is 26.7 Å². The van der Waals surface area contributed by atoms with Crippen LogP contribution in [0.25, 0.3) is 0 Å². The van der Waals surface area contributed by atoms with E-state index < -0.39 is 17.4 Å². The van der Waals surface area contributed by atoms with E-state index in [1.54, 1.807) is 0 Å². The monoisotopic (exact) mass is 228 g/mol. The number of hydrogen-bond donors (Lipinski definition) is 2. The summed E-state index contributed by atoms with van der Waals surface area (Å²) in [4.78, 5) is 23.4. The molecule has 5 nitrogen and oxygen atoms in total. The van der Waals surface area contributed by atoms with Crippen molar-refractivity contribution < 1.29 is 14.3 Å². The molecule has 1 aliphatic carbocycles. The van der Waals surface area contributed by atoms with Gasteiger partial charge in [0.05, 0.1) is 12.5 Å². The lowest BCUT2D eigenvalue weighted by Gasteiger charge is -2.22. The van der Waals surface area contributed by atoms with Crippen molar-refractivity contribution in [1.82, 2.24) is 5.32 Å². The zero-order chi connectivity index (χ0) is 12.3. The molecule has 1 fully saturated rings. The fourth-order valence-electron chi connectivity index (χ4n) is 1.59. The Morgan fingerprint density at radius 2 is 2.00 bits per heavy atom. The minimum atomic E-state index is -0.582. The molecular formula is C11H20N2O3. The molecule has 92 valence electrons. The minimum Gasteiger partial charge on any atom is -0.467 e. The number of hydrogen-bond acceptors (Lipinski definition) is 4. The van der Waals surface area contributed by atoms with Crippen LogP contribution in [0.4, 0.5) is 0 Å². The molecule has 1 rings (SSSR count). The topological polar surface area (TPSA) is 81.4 Å². The van der Waals surface area contributed by atoms with Gasteiger partial charge in [-0.15, -0.1) is 0 Å². The molecule has 0 aliphatic heterocycles. The number of nitrogens with one attached hydrogen (secondary N) is 1. The van der Waals surface area contributed by atoms with Crippen molar-refractivity contribution in [3.05, 3.63) is 0 Å². The minimum absolute atomic E-state index is 0.00461. The van der Waals surface area contributed by atoms with Gasteiger partial charge in [0.2, 0.25) is 5.91 Å². The summed E-state index contributed by atoms with van der Waals surface area (Å²) in [6.07, 6.45) is 1.61. The summed E-state index contributed by atoms with van der Waals surface area (Å²) in [6, 6.07) is -0.582. The van der Waals surface area contributed by atoms with E-state index in [4.69, 9.17) is 5.73 Å². The molecule has 1 atom stereocenters. The molecule has 0 aromatic carbocycles. The summed E-state index contributed by atoms with van der Waals surface area (Å²) in [5.41, 5.74) is 5.12. The first-order valence-corrected chi connectivity index (χ1v) is 5.55. The molecule has 3 N–H and O–H groups in total. The van der Waals surface area contributed by atoms with E-state index in [1.165, 1.54) is 7.11 Å². The van der Waals surface area contributed by atoms with Crippen molar-refractivity contribution >= 4 is 11.9 Å². The summed E-state index contributed by atoms with van der Waals surface area (Å²) < 4.78 is 4.66. The molecule has 1 aliphatic rings. The van der Waals surface area contributed by atoms with Gasteiger partial charge in [-0.25, -0.2) is 4.79 Å². The van der Waals surface area contributed by atoms with E-state index in [0.717, 1.165) is 12.8 Å². The number of esters is 1. The van der Waals surface area contributed by atoms with Crippen LogP contribution in [0, 0.1) is 11.3 Å². The number of amides is 1. The van der Waals surface area contributed by atoms with Crippen LogP contribution in [-0.2, 0) is 14.3 Å². The van der Waals surface area contributed by atoms with Crippen molar-refractivity contribution in [2.75, 3.05) is 13.7 Å². The highest BCUT2D eigenvalue weighted by atomic mass is 16.5. The van der Waals surface area contributed by atoms with Crippen molar-refractivity contribution in [1.29, 1.82) is 0 Å². The lowest BCUT2D eigenvalue weighted by Crippen LogP contribution is -2.49. The van der Waals surface area contributed by atoms with Crippen molar-refractivity contribution in [2.45, 2.75) is 32.7 Å². The zero-order valence-corrected chi connectivity index (χ0v) is 10.1. The van der Waals surface area contributed by atoms with Gasteiger partial charge in [0.1, 0.15) is 6.04 Å². The fraction of sp³-hybridized carbons (Fsp3) is 0.818. The molecule has 0 radical (unpaired) electrons. The number of nitrogens with two attached hydrogens (primary N) is 1. The van der Waals surface area contributed by atoms with Gasteiger partial charge in [0.15, 0.2) is 0 Å². The van der Waals surface area contributed by atoms with Gasteiger partial charge in [-0.1, -0.05) is 13.8 Å². The predicted octanol–water partition coefficient (Wildman–Crippen LogP) is 0.0391. The van der Waals surface area contributed by atoms with Gasteiger partial charge in [-0.3, -0.25) is 4.79 Å². The molecule has 16 heavy (non-hydrogen) atoms. The van der Waals surface area contributed by atoms with Crippen LogP contribution in [0.2, 0.25) is 0 Å². The molecule has 0 aromatic heterocycles. The number of methoxy groups -OCH3 is 1. The molecular weight excluding hydrogens is 208 g/mol. The van der Waals surface area contributed by atoms with Crippen molar-refractivity contribution in [3.8, 4) is 0 Å². The van der Waals surface area contributed by atoms with Crippen LogP contribution < -0.4 is 11.1 Å². The van der Waals surface area contributed by atoms with Crippen LogP contribution >= 0.6 is 0 Å². The zero-order valence-electron chi connectivity index (χ0n) is 10.1. The molecule has 1 saturated carbocycles. The second-order valence-electron chi connectivity index (χ2n) is 4.70. The average molecular weight is 228 g/mol. The highest BCUT2D eigenvalue weighted by Gasteiger charge is 2.49. The Morgan fingerprint density at radius 1 is 1.44 bits per heavy atom. The number of carbonyl (C=O) groups excluding carboxylic acids is 2. The van der Waals surface area contributed by atoms with Gasteiger partial charge in [-0.05, 0) is 18.8 Å². The Kier molecular flexibility index (Phi) is 3.91. The van der Waals surface area contributed by atoms with Gasteiger partial charge in [0.25, 0.3) is 0 Å². The maximum atomic E-state index is 11.9. The number of rotatable bonds is 5. The lowest BCUT2D eigenvalue weighted by atomic mass is 10.0. The molecule has 0 heterocycles. The summed E-state index contributed by atoms with van der Waals surface area (Å²) in [7, 11) is 1.32. The van der Waals surface area contributed by atoms with Crippen LogP contribution in [0.5, 0.6) is 0 Å². The molecule has 0 spiro atoms. The van der Waals surface area contributed by atoms with E-state index in [2.05, 4.69) is 10.1 Å². The third kappa shape index (κ3) is 2.52. The molecule has 1 amide bonds. The summed E-state index contributed by atoms with van der Waals surface area (Å²) >= 11 is 0. The molecule has 0 saturated heterocycles. The van der Waals surface area contributed by atoms with Crippen molar-refractivity contribution in [3.63, 3.8) is 0 Å². The van der Waals surface area contributed by atoms with Crippen LogP contribution in [-0.4, -0.2) is 31.6 Å². The molecule has 0 aromatic rings. The van der Waals surface area contributed by atoms with E-state index in [-0.39, 0.29) is 11.8 Å². The lowest BCUT2D eigenvalue weighted by molar-refractivity contribution is -0.147. The first-order chi connectivity index (χ1) is 7.46. The first-order valence-electron chi connectivity index (χ1n) is 5.55. The Hall–Kier alpha value is -1.10. The fourth-order valence-corrected chi connectivity index (χ4v) is 1.59. The Bertz CT molecular complexity index is 285. The standard InChI is InChI=1S/C11H20N2O3/c1-7(2)8(9(14)16-3)13-10(15)11(6-12)4-5-11/h7-8H,4-6,12H2,1-3H3,(H,13,15). The quantitative estimate of drug-likeness (QED) is 0.651. The van der Waals surface area contributed by atoms with Gasteiger partial charge >= 0.3 is 5.97 Å². The van der Waals surface area contributed by atoms with E-state index >= 15 is 0 Å². The average Bonchev–Trinajstić information content (AvgIpc) is 3.04. The highest BCUT2D eigenvalue weighted by molar-refractivity contribution is 5.90. The number of ether oxygens (including phenoxy) is 1. The Morgan fingerprint density at radius 3 is 2.31 bits per heavy atom. The Balaban J connectivity index is 2.62. The molecule has 1 unspecified atom stereocenters. The van der Waals surface area contributed by atoms with Crippen molar-refractivity contribution in [2.24, 2.45) is 17.1 Å². The smallest absolute Gasteiger partial charge is 0.328 e. The highest BCUT2D eigenvalue weighted by Crippen LogP contribution is 2.44. The van der Waals surface area contributed by atoms with Crippen LogP contribution in [0.15, 0.2) is 0 Å². The summed E-state index contributed by atoms with van der Waals surface area (Å²) in [5.74, 6) is -0.528. The predicted molar refractivity (Wildman–Crippen MR) is 59.5 cm³/mol. The summed E-state index contributed by atoms with van der Waals surface area (Å²) in [6.45, 7) is 4.07. The SMILES string of the molecule is COC(=O)C(NC(=O)C1(CN)CC1)C(C)C. The molecule has 0 bridgehead atoms. The third-order valence-corrected chi connectivity index (χ3v) is 3.13. The second-order valence-corrected chi connectivity index (χ2v) is 4.70.